The maximum Gasteiger partial charge on any atom is 0.243 e. The topological polar surface area (TPSA) is 58.2 Å². The van der Waals surface area contributed by atoms with E-state index in [2.05, 4.69) is 17.2 Å². The fraction of sp³-hybridized carbons (Fsp3) is 0.600. The van der Waals surface area contributed by atoms with Gasteiger partial charge in [0.2, 0.25) is 11.8 Å². The summed E-state index contributed by atoms with van der Waals surface area (Å²) >= 11 is 0. The Morgan fingerprint density at radius 2 is 2.00 bits per heavy atom. The molecule has 0 aliphatic carbocycles. The van der Waals surface area contributed by atoms with Crippen molar-refractivity contribution in [2.45, 2.75) is 26.2 Å². The van der Waals surface area contributed by atoms with E-state index >= 15 is 0 Å². The van der Waals surface area contributed by atoms with E-state index in [1.54, 1.807) is 0 Å². The van der Waals surface area contributed by atoms with Gasteiger partial charge < -0.3 is 10.6 Å². The lowest BCUT2D eigenvalue weighted by molar-refractivity contribution is -0.121. The molecule has 4 heteroatoms. The van der Waals surface area contributed by atoms with Crippen molar-refractivity contribution in [3.63, 3.8) is 0 Å². The Bertz CT molecular complexity index is 202. The maximum atomic E-state index is 11.0. The second-order valence-electron chi connectivity index (χ2n) is 2.91. The minimum absolute atomic E-state index is 0.0718. The van der Waals surface area contributed by atoms with E-state index in [0.717, 1.165) is 12.8 Å². The van der Waals surface area contributed by atoms with Gasteiger partial charge in [0.05, 0.1) is 0 Å². The maximum absolute atomic E-state index is 11.0. The number of amides is 2. The zero-order valence-corrected chi connectivity index (χ0v) is 8.64. The number of unbranched alkanes of at least 4 members (excludes halogenated alkanes) is 1. The molecule has 0 aromatic carbocycles. The number of hydrogen-bond donors (Lipinski definition) is 2. The van der Waals surface area contributed by atoms with Crippen molar-refractivity contribution in [1.82, 2.24) is 10.6 Å². The van der Waals surface area contributed by atoms with E-state index in [-0.39, 0.29) is 11.8 Å². The summed E-state index contributed by atoms with van der Waals surface area (Å²) in [5.74, 6) is -0.0921. The highest BCUT2D eigenvalue weighted by Crippen LogP contribution is 1.93. The molecule has 0 aliphatic rings. The lowest BCUT2D eigenvalue weighted by atomic mass is 10.2. The van der Waals surface area contributed by atoms with E-state index in [4.69, 9.17) is 0 Å². The predicted molar refractivity (Wildman–Crippen MR) is 55.7 cm³/mol. The molecule has 0 atom stereocenters. The van der Waals surface area contributed by atoms with Crippen molar-refractivity contribution in [3.05, 3.63) is 12.7 Å². The third-order valence-corrected chi connectivity index (χ3v) is 1.69. The average molecular weight is 198 g/mol. The van der Waals surface area contributed by atoms with Crippen LogP contribution in [-0.2, 0) is 9.59 Å². The minimum Gasteiger partial charge on any atom is -0.356 e. The van der Waals surface area contributed by atoms with E-state index in [0.29, 0.717) is 19.5 Å². The van der Waals surface area contributed by atoms with Gasteiger partial charge in [-0.2, -0.15) is 0 Å². The first kappa shape index (κ1) is 12.7. The summed E-state index contributed by atoms with van der Waals surface area (Å²) in [7, 11) is 0. The Hall–Kier alpha value is -1.32. The standard InChI is InChI=1S/C10H18N2O2/c1-3-9(13)12-8-6-5-7-10(14)11-4-2/h3H,1,4-8H2,2H3,(H,11,14)(H,12,13). The number of hydrogen-bond acceptors (Lipinski definition) is 2. The Balaban J connectivity index is 3.25. The van der Waals surface area contributed by atoms with Crippen LogP contribution >= 0.6 is 0 Å². The van der Waals surface area contributed by atoms with Gasteiger partial charge in [0, 0.05) is 19.5 Å². The summed E-state index contributed by atoms with van der Waals surface area (Å²) < 4.78 is 0. The van der Waals surface area contributed by atoms with Gasteiger partial charge in [-0.15, -0.1) is 0 Å². The molecule has 14 heavy (non-hydrogen) atoms. The van der Waals surface area contributed by atoms with Gasteiger partial charge in [0.1, 0.15) is 0 Å². The van der Waals surface area contributed by atoms with E-state index < -0.39 is 0 Å². The minimum atomic E-state index is -0.164. The Labute approximate surface area is 84.8 Å². The number of nitrogens with one attached hydrogen (secondary N) is 2. The molecule has 0 rings (SSSR count). The van der Waals surface area contributed by atoms with Crippen molar-refractivity contribution in [3.8, 4) is 0 Å². The Kier molecular flexibility index (Phi) is 7.50. The molecule has 80 valence electrons. The largest absolute Gasteiger partial charge is 0.356 e. The molecule has 0 aromatic heterocycles. The summed E-state index contributed by atoms with van der Waals surface area (Å²) in [5.41, 5.74) is 0. The molecular weight excluding hydrogens is 180 g/mol. The van der Waals surface area contributed by atoms with E-state index in [1.807, 2.05) is 6.92 Å². The summed E-state index contributed by atoms with van der Waals surface area (Å²) in [6, 6.07) is 0. The summed E-state index contributed by atoms with van der Waals surface area (Å²) in [4.78, 5) is 21.7. The fourth-order valence-electron chi connectivity index (χ4n) is 0.980. The Morgan fingerprint density at radius 1 is 1.29 bits per heavy atom. The van der Waals surface area contributed by atoms with Gasteiger partial charge in [0.15, 0.2) is 0 Å². The highest BCUT2D eigenvalue weighted by Gasteiger charge is 1.98. The number of rotatable bonds is 7. The molecule has 4 nitrogen and oxygen atoms in total. The van der Waals surface area contributed by atoms with Crippen LogP contribution in [0.15, 0.2) is 12.7 Å². The molecule has 0 aromatic rings. The van der Waals surface area contributed by atoms with Crippen LogP contribution in [0.1, 0.15) is 26.2 Å². The van der Waals surface area contributed by atoms with Crippen LogP contribution in [0.4, 0.5) is 0 Å². The lowest BCUT2D eigenvalue weighted by Gasteiger charge is -2.02. The zero-order chi connectivity index (χ0) is 10.8. The first-order chi connectivity index (χ1) is 6.70. The van der Waals surface area contributed by atoms with Crippen molar-refractivity contribution < 1.29 is 9.59 Å². The molecule has 0 radical (unpaired) electrons. The van der Waals surface area contributed by atoms with E-state index in [1.165, 1.54) is 6.08 Å². The van der Waals surface area contributed by atoms with Crippen LogP contribution in [0.2, 0.25) is 0 Å². The van der Waals surface area contributed by atoms with Gasteiger partial charge in [-0.3, -0.25) is 9.59 Å². The van der Waals surface area contributed by atoms with Gasteiger partial charge in [0.25, 0.3) is 0 Å². The Morgan fingerprint density at radius 3 is 2.57 bits per heavy atom. The van der Waals surface area contributed by atoms with Crippen LogP contribution in [-0.4, -0.2) is 24.9 Å². The molecule has 0 heterocycles. The molecule has 0 saturated heterocycles. The third kappa shape index (κ3) is 7.34. The molecule has 2 N–H and O–H groups in total. The molecule has 2 amide bonds. The average Bonchev–Trinajstić information content (AvgIpc) is 2.17. The van der Waals surface area contributed by atoms with Crippen LogP contribution in [0, 0.1) is 0 Å². The second-order valence-corrected chi connectivity index (χ2v) is 2.91. The molecule has 0 saturated carbocycles. The molecule has 0 aliphatic heterocycles. The van der Waals surface area contributed by atoms with Crippen LogP contribution in [0.25, 0.3) is 0 Å². The highest BCUT2D eigenvalue weighted by molar-refractivity contribution is 5.86. The van der Waals surface area contributed by atoms with E-state index in [9.17, 15) is 9.59 Å². The molecule has 0 fully saturated rings. The first-order valence-corrected chi connectivity index (χ1v) is 4.87. The van der Waals surface area contributed by atoms with Crippen molar-refractivity contribution in [1.29, 1.82) is 0 Å². The summed E-state index contributed by atoms with van der Waals surface area (Å²) in [5, 5.41) is 5.36. The van der Waals surface area contributed by atoms with Crippen molar-refractivity contribution >= 4 is 11.8 Å². The quantitative estimate of drug-likeness (QED) is 0.465. The summed E-state index contributed by atoms with van der Waals surface area (Å²) in [6.45, 7) is 6.50. The van der Waals surface area contributed by atoms with Gasteiger partial charge in [-0.1, -0.05) is 6.58 Å². The smallest absolute Gasteiger partial charge is 0.243 e. The molecular formula is C10H18N2O2. The van der Waals surface area contributed by atoms with Gasteiger partial charge in [-0.25, -0.2) is 0 Å². The number of carbonyl (C=O) groups excluding carboxylic acids is 2. The molecule has 0 bridgehead atoms. The van der Waals surface area contributed by atoms with Crippen LogP contribution in [0.5, 0.6) is 0 Å². The third-order valence-electron chi connectivity index (χ3n) is 1.69. The predicted octanol–water partition coefficient (Wildman–Crippen LogP) is 0.595. The molecule has 0 spiro atoms. The summed E-state index contributed by atoms with van der Waals surface area (Å²) in [6.07, 6.45) is 3.38. The van der Waals surface area contributed by atoms with Gasteiger partial charge in [-0.05, 0) is 25.8 Å². The van der Waals surface area contributed by atoms with Gasteiger partial charge >= 0.3 is 0 Å². The normalized spacial score (nSPS) is 9.21. The SMILES string of the molecule is C=CC(=O)NCCCCC(=O)NCC. The van der Waals surface area contributed by atoms with Crippen molar-refractivity contribution in [2.24, 2.45) is 0 Å². The zero-order valence-electron chi connectivity index (χ0n) is 8.64. The van der Waals surface area contributed by atoms with Crippen molar-refractivity contribution in [2.75, 3.05) is 13.1 Å². The number of carbonyl (C=O) groups is 2. The fourth-order valence-corrected chi connectivity index (χ4v) is 0.980. The first-order valence-electron chi connectivity index (χ1n) is 4.87. The lowest BCUT2D eigenvalue weighted by Crippen LogP contribution is -2.24. The van der Waals surface area contributed by atoms with Crippen LogP contribution in [0.3, 0.4) is 0 Å². The monoisotopic (exact) mass is 198 g/mol. The highest BCUT2D eigenvalue weighted by atomic mass is 16.2. The second kappa shape index (κ2) is 8.29. The van der Waals surface area contributed by atoms with Crippen LogP contribution < -0.4 is 10.6 Å². The molecule has 0 unspecified atom stereocenters.